The molecule has 0 atom stereocenters. The lowest BCUT2D eigenvalue weighted by atomic mass is 9.91. The first-order chi connectivity index (χ1) is 7.34. The molecule has 0 amide bonds. The minimum absolute atomic E-state index is 0. The summed E-state index contributed by atoms with van der Waals surface area (Å²) in [6.07, 6.45) is -1.47. The van der Waals surface area contributed by atoms with Gasteiger partial charge in [0.2, 0.25) is 6.29 Å². The zero-order chi connectivity index (χ0) is 14.4. The van der Waals surface area contributed by atoms with Crippen LogP contribution in [0.1, 0.15) is 41.5 Å². The summed E-state index contributed by atoms with van der Waals surface area (Å²) in [5, 5.41) is 16.7. The SMILES string of the molecule is CC(C)(C)C(=O)C(O)O.CC(C)(C)C(=O)C=O.O. The topological polar surface area (TPSA) is 123 Å². The van der Waals surface area contributed by atoms with Gasteiger partial charge in [-0.3, -0.25) is 14.4 Å². The highest BCUT2D eigenvalue weighted by Crippen LogP contribution is 2.15. The highest BCUT2D eigenvalue weighted by Gasteiger charge is 2.26. The Kier molecular flexibility index (Phi) is 9.91. The third-order valence-corrected chi connectivity index (χ3v) is 1.82. The summed E-state index contributed by atoms with van der Waals surface area (Å²) in [5.74, 6) is -0.903. The lowest BCUT2D eigenvalue weighted by Crippen LogP contribution is -2.31. The molecule has 108 valence electrons. The number of aliphatic hydroxyl groups is 2. The van der Waals surface area contributed by atoms with Crippen molar-refractivity contribution >= 4 is 17.9 Å². The van der Waals surface area contributed by atoms with Crippen molar-refractivity contribution in [1.82, 2.24) is 0 Å². The first-order valence-electron chi connectivity index (χ1n) is 5.24. The minimum atomic E-state index is -1.83. The summed E-state index contributed by atoms with van der Waals surface area (Å²) in [6, 6.07) is 0. The van der Waals surface area contributed by atoms with Crippen LogP contribution in [0.25, 0.3) is 0 Å². The quantitative estimate of drug-likeness (QED) is 0.409. The van der Waals surface area contributed by atoms with E-state index in [0.29, 0.717) is 6.29 Å². The van der Waals surface area contributed by atoms with E-state index >= 15 is 0 Å². The molecule has 6 nitrogen and oxygen atoms in total. The van der Waals surface area contributed by atoms with Crippen LogP contribution >= 0.6 is 0 Å². The Hall–Kier alpha value is -1.11. The molecule has 0 saturated heterocycles. The fourth-order valence-electron chi connectivity index (χ4n) is 0.564. The molecule has 0 spiro atoms. The summed E-state index contributed by atoms with van der Waals surface area (Å²) in [6.45, 7) is 10.0. The Morgan fingerprint density at radius 3 is 1.28 bits per heavy atom. The van der Waals surface area contributed by atoms with Crippen molar-refractivity contribution in [3.05, 3.63) is 0 Å². The predicted octanol–water partition coefficient (Wildman–Crippen LogP) is -0.112. The molecule has 0 radical (unpaired) electrons. The summed E-state index contributed by atoms with van der Waals surface area (Å²) >= 11 is 0. The molecule has 18 heavy (non-hydrogen) atoms. The first kappa shape index (κ1) is 22.1. The minimum Gasteiger partial charge on any atom is -0.412 e. The van der Waals surface area contributed by atoms with E-state index in [2.05, 4.69) is 0 Å². The number of carbonyl (C=O) groups is 3. The van der Waals surface area contributed by atoms with E-state index < -0.39 is 22.9 Å². The van der Waals surface area contributed by atoms with Gasteiger partial charge >= 0.3 is 0 Å². The van der Waals surface area contributed by atoms with Gasteiger partial charge in [-0.15, -0.1) is 0 Å². The van der Waals surface area contributed by atoms with Gasteiger partial charge in [0.25, 0.3) is 0 Å². The maximum Gasteiger partial charge on any atom is 0.213 e. The molecular formula is C12H24O6. The van der Waals surface area contributed by atoms with E-state index in [9.17, 15) is 14.4 Å². The predicted molar refractivity (Wildman–Crippen MR) is 66.8 cm³/mol. The largest absolute Gasteiger partial charge is 0.412 e. The van der Waals surface area contributed by atoms with Gasteiger partial charge in [0.1, 0.15) is 0 Å². The molecule has 0 aliphatic carbocycles. The van der Waals surface area contributed by atoms with Crippen molar-refractivity contribution in [1.29, 1.82) is 0 Å². The van der Waals surface area contributed by atoms with Crippen molar-refractivity contribution in [2.24, 2.45) is 10.8 Å². The van der Waals surface area contributed by atoms with Gasteiger partial charge in [0.05, 0.1) is 0 Å². The second-order valence-electron chi connectivity index (χ2n) is 5.72. The van der Waals surface area contributed by atoms with Gasteiger partial charge in [0.15, 0.2) is 17.9 Å². The van der Waals surface area contributed by atoms with E-state index in [1.807, 2.05) is 0 Å². The number of carbonyl (C=O) groups excluding carboxylic acids is 3. The molecule has 0 saturated carbocycles. The van der Waals surface area contributed by atoms with Crippen molar-refractivity contribution in [3.8, 4) is 0 Å². The molecule has 0 unspecified atom stereocenters. The average molecular weight is 264 g/mol. The smallest absolute Gasteiger partial charge is 0.213 e. The van der Waals surface area contributed by atoms with E-state index in [4.69, 9.17) is 10.2 Å². The van der Waals surface area contributed by atoms with E-state index in [0.717, 1.165) is 0 Å². The maximum absolute atomic E-state index is 10.7. The van der Waals surface area contributed by atoms with Crippen molar-refractivity contribution in [3.63, 3.8) is 0 Å². The molecule has 0 aromatic rings. The molecule has 0 rings (SSSR count). The van der Waals surface area contributed by atoms with Crippen LogP contribution in [-0.4, -0.2) is 39.8 Å². The number of hydrogen-bond donors (Lipinski definition) is 2. The molecule has 0 aromatic heterocycles. The molecule has 0 fully saturated rings. The Morgan fingerprint density at radius 2 is 1.28 bits per heavy atom. The fourth-order valence-corrected chi connectivity index (χ4v) is 0.564. The molecule has 4 N–H and O–H groups in total. The van der Waals surface area contributed by atoms with Crippen LogP contribution in [0.15, 0.2) is 0 Å². The number of Topliss-reactive ketones (excluding diaryl/α,β-unsaturated/α-hetero) is 2. The van der Waals surface area contributed by atoms with Crippen molar-refractivity contribution in [2.45, 2.75) is 47.8 Å². The summed E-state index contributed by atoms with van der Waals surface area (Å²) in [4.78, 5) is 30.9. The number of aliphatic hydroxyl groups excluding tert-OH is 1. The summed E-state index contributed by atoms with van der Waals surface area (Å²) in [5.41, 5.74) is -1.16. The molecule has 0 aromatic carbocycles. The number of aldehydes is 1. The fraction of sp³-hybridized carbons (Fsp3) is 0.750. The van der Waals surface area contributed by atoms with Crippen LogP contribution in [0, 0.1) is 10.8 Å². The molecule has 0 heterocycles. The lowest BCUT2D eigenvalue weighted by Gasteiger charge is -2.16. The zero-order valence-electron chi connectivity index (χ0n) is 11.8. The first-order valence-corrected chi connectivity index (χ1v) is 5.24. The third-order valence-electron chi connectivity index (χ3n) is 1.82. The monoisotopic (exact) mass is 264 g/mol. The third kappa shape index (κ3) is 10.1. The maximum atomic E-state index is 10.7. The molecule has 0 aliphatic rings. The Labute approximate surface area is 107 Å². The highest BCUT2D eigenvalue weighted by atomic mass is 16.5. The highest BCUT2D eigenvalue weighted by molar-refractivity contribution is 6.27. The van der Waals surface area contributed by atoms with Gasteiger partial charge in [-0.25, -0.2) is 0 Å². The van der Waals surface area contributed by atoms with Gasteiger partial charge in [-0.05, 0) is 0 Å². The van der Waals surface area contributed by atoms with Crippen LogP contribution in [0.5, 0.6) is 0 Å². The second-order valence-corrected chi connectivity index (χ2v) is 5.72. The molecule has 0 aliphatic heterocycles. The molecule has 6 heteroatoms. The van der Waals surface area contributed by atoms with Crippen LogP contribution < -0.4 is 0 Å². The van der Waals surface area contributed by atoms with E-state index in [1.165, 1.54) is 0 Å². The number of hydrogen-bond acceptors (Lipinski definition) is 5. The van der Waals surface area contributed by atoms with Crippen LogP contribution in [0.2, 0.25) is 0 Å². The van der Waals surface area contributed by atoms with Crippen LogP contribution in [0.3, 0.4) is 0 Å². The Bertz CT molecular complexity index is 280. The van der Waals surface area contributed by atoms with Gasteiger partial charge in [0, 0.05) is 10.8 Å². The number of rotatable bonds is 2. The summed E-state index contributed by atoms with van der Waals surface area (Å²) < 4.78 is 0. The standard InChI is InChI=1S/C6H12O3.C6H10O2.H2O/c1-6(2,3)4(7)5(8)9;1-6(2,3)5(8)4-7;/h5,8-9H,1-3H3;4H,1-3H3;1H2. The van der Waals surface area contributed by atoms with Crippen molar-refractivity contribution in [2.75, 3.05) is 0 Å². The van der Waals surface area contributed by atoms with Crippen LogP contribution in [-0.2, 0) is 14.4 Å². The Morgan fingerprint density at radius 1 is 0.944 bits per heavy atom. The van der Waals surface area contributed by atoms with E-state index in [1.54, 1.807) is 41.5 Å². The van der Waals surface area contributed by atoms with Gasteiger partial charge in [-0.2, -0.15) is 0 Å². The second kappa shape index (κ2) is 8.07. The molecular weight excluding hydrogens is 240 g/mol. The lowest BCUT2D eigenvalue weighted by molar-refractivity contribution is -0.153. The summed E-state index contributed by atoms with van der Waals surface area (Å²) in [7, 11) is 0. The van der Waals surface area contributed by atoms with E-state index in [-0.39, 0.29) is 11.3 Å². The zero-order valence-corrected chi connectivity index (χ0v) is 11.8. The van der Waals surface area contributed by atoms with Crippen molar-refractivity contribution < 1.29 is 30.1 Å². The normalized spacial score (nSPS) is 10.9. The van der Waals surface area contributed by atoms with Crippen LogP contribution in [0.4, 0.5) is 0 Å². The van der Waals surface area contributed by atoms with Gasteiger partial charge < -0.3 is 15.7 Å². The Balaban J connectivity index is -0.000000238. The average Bonchev–Trinajstić information content (AvgIpc) is 2.13. The number of ketones is 2. The van der Waals surface area contributed by atoms with Gasteiger partial charge in [-0.1, -0.05) is 41.5 Å². The molecule has 0 bridgehead atoms.